The van der Waals surface area contributed by atoms with Crippen LogP contribution in [-0.4, -0.2) is 13.0 Å². The van der Waals surface area contributed by atoms with Crippen LogP contribution in [-0.2, 0) is 16.5 Å². The molecule has 1 N–H and O–H groups in total. The SMILES string of the molecule is CCCCCCCCCCCCCc1cccc(Oc2c([O-])cccc2S(=O)(=O)O)c1.[Na+]. The molecule has 0 aliphatic carbocycles. The number of hydrogen-bond acceptors (Lipinski definition) is 4. The van der Waals surface area contributed by atoms with E-state index in [1.54, 1.807) is 6.07 Å². The first-order valence-corrected chi connectivity index (χ1v) is 12.9. The molecule has 0 atom stereocenters. The predicted molar refractivity (Wildman–Crippen MR) is 122 cm³/mol. The average molecular weight is 471 g/mol. The van der Waals surface area contributed by atoms with Gasteiger partial charge in [0.1, 0.15) is 16.4 Å². The largest absolute Gasteiger partial charge is 1.00 e. The summed E-state index contributed by atoms with van der Waals surface area (Å²) in [6.07, 6.45) is 15.1. The van der Waals surface area contributed by atoms with Crippen molar-refractivity contribution in [1.82, 2.24) is 0 Å². The van der Waals surface area contributed by atoms with Crippen molar-refractivity contribution in [1.29, 1.82) is 0 Å². The smallest absolute Gasteiger partial charge is 0.870 e. The Morgan fingerprint density at radius 2 is 1.41 bits per heavy atom. The molecule has 0 saturated heterocycles. The molecular formula is C25H35NaO5S. The van der Waals surface area contributed by atoms with E-state index in [1.165, 1.54) is 76.3 Å². The van der Waals surface area contributed by atoms with Crippen LogP contribution in [0.25, 0.3) is 0 Å². The first-order valence-electron chi connectivity index (χ1n) is 11.5. The van der Waals surface area contributed by atoms with Crippen LogP contribution in [0.5, 0.6) is 17.2 Å². The van der Waals surface area contributed by atoms with Gasteiger partial charge in [0.25, 0.3) is 10.1 Å². The Balaban J connectivity index is 0.00000512. The Labute approximate surface area is 215 Å². The summed E-state index contributed by atoms with van der Waals surface area (Å²) >= 11 is 0. The van der Waals surface area contributed by atoms with Gasteiger partial charge in [-0.2, -0.15) is 8.42 Å². The Morgan fingerprint density at radius 1 is 0.844 bits per heavy atom. The summed E-state index contributed by atoms with van der Waals surface area (Å²) < 4.78 is 38.0. The van der Waals surface area contributed by atoms with E-state index < -0.39 is 20.8 Å². The van der Waals surface area contributed by atoms with Gasteiger partial charge < -0.3 is 9.84 Å². The number of rotatable bonds is 15. The molecule has 172 valence electrons. The van der Waals surface area contributed by atoms with Gasteiger partial charge in [0.05, 0.1) is 0 Å². The molecule has 2 aromatic carbocycles. The van der Waals surface area contributed by atoms with Gasteiger partial charge in [0, 0.05) is 0 Å². The molecule has 0 fully saturated rings. The maximum Gasteiger partial charge on any atom is 1.00 e. The molecule has 0 aromatic heterocycles. The molecule has 0 aliphatic rings. The van der Waals surface area contributed by atoms with Crippen LogP contribution in [0.3, 0.4) is 0 Å². The van der Waals surface area contributed by atoms with Gasteiger partial charge >= 0.3 is 29.6 Å². The molecule has 2 aromatic rings. The molecule has 0 spiro atoms. The van der Waals surface area contributed by atoms with E-state index in [1.807, 2.05) is 18.2 Å². The van der Waals surface area contributed by atoms with Crippen molar-refractivity contribution < 1.29 is 52.4 Å². The van der Waals surface area contributed by atoms with Gasteiger partial charge in [-0.15, -0.1) is 0 Å². The number of unbranched alkanes of at least 4 members (excludes halogenated alkanes) is 10. The molecule has 0 bridgehead atoms. The molecule has 5 nitrogen and oxygen atoms in total. The molecule has 0 radical (unpaired) electrons. The number of aryl methyl sites for hydroxylation is 1. The van der Waals surface area contributed by atoms with Crippen molar-refractivity contribution in [2.45, 2.75) is 88.9 Å². The van der Waals surface area contributed by atoms with Crippen molar-refractivity contribution in [2.75, 3.05) is 0 Å². The van der Waals surface area contributed by atoms with E-state index in [-0.39, 0.29) is 35.3 Å². The summed E-state index contributed by atoms with van der Waals surface area (Å²) in [5.74, 6) is -0.587. The fourth-order valence-electron chi connectivity index (χ4n) is 3.68. The zero-order valence-corrected chi connectivity index (χ0v) is 22.3. The van der Waals surface area contributed by atoms with Gasteiger partial charge in [-0.1, -0.05) is 101 Å². The van der Waals surface area contributed by atoms with Gasteiger partial charge in [-0.25, -0.2) is 0 Å². The number of hydrogen-bond donors (Lipinski definition) is 1. The van der Waals surface area contributed by atoms with Crippen molar-refractivity contribution in [3.05, 3.63) is 48.0 Å². The molecule has 0 aliphatic heterocycles. The molecule has 0 amide bonds. The van der Waals surface area contributed by atoms with Crippen LogP contribution >= 0.6 is 0 Å². The van der Waals surface area contributed by atoms with E-state index in [9.17, 15) is 18.1 Å². The first-order chi connectivity index (χ1) is 14.9. The molecule has 2 rings (SSSR count). The van der Waals surface area contributed by atoms with Crippen LogP contribution in [0, 0.1) is 0 Å². The van der Waals surface area contributed by atoms with Crippen molar-refractivity contribution in [2.24, 2.45) is 0 Å². The minimum absolute atomic E-state index is 0. The van der Waals surface area contributed by atoms with Crippen LogP contribution < -0.4 is 39.4 Å². The van der Waals surface area contributed by atoms with E-state index in [2.05, 4.69) is 6.92 Å². The molecule has 0 saturated carbocycles. The normalized spacial score (nSPS) is 11.2. The number of benzene rings is 2. The Bertz CT molecular complexity index is 899. The van der Waals surface area contributed by atoms with Crippen molar-refractivity contribution >= 4 is 10.1 Å². The number of ether oxygens (including phenoxy) is 1. The molecular weight excluding hydrogens is 435 g/mol. The second-order valence-corrected chi connectivity index (χ2v) is 9.48. The van der Waals surface area contributed by atoms with E-state index in [0.29, 0.717) is 5.75 Å². The average Bonchev–Trinajstić information content (AvgIpc) is 2.73. The van der Waals surface area contributed by atoms with E-state index >= 15 is 0 Å². The first kappa shape index (κ1) is 29.0. The van der Waals surface area contributed by atoms with E-state index in [4.69, 9.17) is 4.74 Å². The second kappa shape index (κ2) is 15.7. The summed E-state index contributed by atoms with van der Waals surface area (Å²) in [4.78, 5) is -0.518. The third kappa shape index (κ3) is 10.7. The summed E-state index contributed by atoms with van der Waals surface area (Å²) in [6, 6.07) is 10.9. The zero-order valence-electron chi connectivity index (χ0n) is 19.5. The van der Waals surface area contributed by atoms with E-state index in [0.717, 1.165) is 24.5 Å². The van der Waals surface area contributed by atoms with Crippen LogP contribution in [0.2, 0.25) is 0 Å². The van der Waals surface area contributed by atoms with Gasteiger partial charge in [0.2, 0.25) is 0 Å². The molecule has 0 unspecified atom stereocenters. The van der Waals surface area contributed by atoms with Gasteiger partial charge in [0.15, 0.2) is 0 Å². The topological polar surface area (TPSA) is 86.7 Å². The fraction of sp³-hybridized carbons (Fsp3) is 0.520. The second-order valence-electron chi connectivity index (χ2n) is 8.09. The third-order valence-corrected chi connectivity index (χ3v) is 6.29. The molecule has 7 heteroatoms. The Morgan fingerprint density at radius 3 is 2.00 bits per heavy atom. The van der Waals surface area contributed by atoms with Crippen LogP contribution in [0.15, 0.2) is 47.4 Å². The third-order valence-electron chi connectivity index (χ3n) is 5.41. The summed E-state index contributed by atoms with van der Waals surface area (Å²) in [6.45, 7) is 2.24. The summed E-state index contributed by atoms with van der Waals surface area (Å²) in [5, 5.41) is 12.1. The minimum Gasteiger partial charge on any atom is -0.870 e. The van der Waals surface area contributed by atoms with Gasteiger partial charge in [-0.05, 0) is 36.6 Å². The van der Waals surface area contributed by atoms with Crippen LogP contribution in [0.1, 0.15) is 83.1 Å². The quantitative estimate of drug-likeness (QED) is 0.244. The monoisotopic (exact) mass is 470 g/mol. The molecule has 32 heavy (non-hydrogen) atoms. The summed E-state index contributed by atoms with van der Waals surface area (Å²) in [7, 11) is -4.54. The van der Waals surface area contributed by atoms with Crippen LogP contribution in [0.4, 0.5) is 0 Å². The summed E-state index contributed by atoms with van der Waals surface area (Å²) in [5.41, 5.74) is 1.07. The standard InChI is InChI=1S/C25H36O5S.Na/c1-2-3-4-5-6-7-8-9-10-11-12-15-21-16-13-17-22(20-21)30-25-23(26)18-14-19-24(25)31(27,28)29;/h13-14,16-20,26H,2-12,15H2,1H3,(H,27,28,29);/q;+1/p-1. The minimum atomic E-state index is -4.54. The van der Waals surface area contributed by atoms with Crippen molar-refractivity contribution in [3.63, 3.8) is 0 Å². The zero-order chi connectivity index (χ0) is 22.5. The molecule has 0 heterocycles. The maximum atomic E-state index is 12.1. The maximum absolute atomic E-state index is 12.1. The Kier molecular flexibility index (Phi) is 14.2. The number of para-hydroxylation sites is 1. The fourth-order valence-corrected chi connectivity index (χ4v) is 4.30. The predicted octanol–water partition coefficient (Wildman–Crippen LogP) is 3.66. The Hall–Kier alpha value is -1.05. The van der Waals surface area contributed by atoms with Gasteiger partial charge in [-0.3, -0.25) is 4.55 Å². The van der Waals surface area contributed by atoms with Crippen molar-refractivity contribution in [3.8, 4) is 17.2 Å².